The molecule has 0 radical (unpaired) electrons. The minimum atomic E-state index is -3.70. The molecule has 0 N–H and O–H groups in total. The number of piperidine rings is 1. The van der Waals surface area contributed by atoms with Crippen LogP contribution in [0.2, 0.25) is 0 Å². The summed E-state index contributed by atoms with van der Waals surface area (Å²) in [7, 11) is -3.70. The van der Waals surface area contributed by atoms with Gasteiger partial charge in [-0.3, -0.25) is 14.9 Å². The minimum absolute atomic E-state index is 0.102. The molecule has 7 nitrogen and oxygen atoms in total. The third-order valence-electron chi connectivity index (χ3n) is 5.90. The van der Waals surface area contributed by atoms with E-state index in [0.29, 0.717) is 23.6 Å². The van der Waals surface area contributed by atoms with E-state index in [2.05, 4.69) is 0 Å². The predicted octanol–water partition coefficient (Wildman–Crippen LogP) is 3.00. The van der Waals surface area contributed by atoms with E-state index in [1.165, 1.54) is 18.6 Å². The number of sulfone groups is 1. The average Bonchev–Trinajstić information content (AvgIpc) is 2.62. The molecule has 1 saturated carbocycles. The third kappa shape index (κ3) is 4.48. The van der Waals surface area contributed by atoms with Crippen molar-refractivity contribution in [3.05, 3.63) is 39.4 Å². The van der Waals surface area contributed by atoms with Crippen molar-refractivity contribution in [1.82, 2.24) is 4.90 Å². The quantitative estimate of drug-likeness (QED) is 0.565. The summed E-state index contributed by atoms with van der Waals surface area (Å²) in [5.74, 6) is -0.708. The maximum absolute atomic E-state index is 12.8. The van der Waals surface area contributed by atoms with Gasteiger partial charge in [-0.05, 0) is 44.1 Å². The zero-order valence-electron chi connectivity index (χ0n) is 15.6. The Bertz CT molecular complexity index is 835. The van der Waals surface area contributed by atoms with Crippen molar-refractivity contribution in [2.45, 2.75) is 57.2 Å². The zero-order chi connectivity index (χ0) is 19.6. The van der Waals surface area contributed by atoms with Crippen LogP contribution in [0.4, 0.5) is 5.69 Å². The first-order chi connectivity index (χ1) is 12.8. The van der Waals surface area contributed by atoms with Crippen LogP contribution in [0.1, 0.15) is 49.7 Å². The molecule has 1 heterocycles. The monoisotopic (exact) mass is 394 g/mol. The van der Waals surface area contributed by atoms with Gasteiger partial charge in [-0.25, -0.2) is 8.42 Å². The highest BCUT2D eigenvalue weighted by atomic mass is 32.2. The summed E-state index contributed by atoms with van der Waals surface area (Å²) in [6.07, 6.45) is 6.40. The van der Waals surface area contributed by atoms with E-state index < -0.39 is 20.5 Å². The lowest BCUT2D eigenvalue weighted by molar-refractivity contribution is -0.385. The van der Waals surface area contributed by atoms with Crippen LogP contribution in [0.3, 0.4) is 0 Å². The molecule has 1 aromatic carbocycles. The molecule has 27 heavy (non-hydrogen) atoms. The van der Waals surface area contributed by atoms with Crippen LogP contribution < -0.4 is 0 Å². The Labute approximate surface area is 159 Å². The van der Waals surface area contributed by atoms with E-state index in [9.17, 15) is 23.3 Å². The number of likely N-dealkylation sites (tertiary alicyclic amines) is 1. The van der Waals surface area contributed by atoms with Gasteiger partial charge in [0.2, 0.25) is 5.91 Å². The van der Waals surface area contributed by atoms with E-state index in [4.69, 9.17) is 0 Å². The van der Waals surface area contributed by atoms with Gasteiger partial charge in [-0.1, -0.05) is 25.0 Å². The normalized spacial score (nSPS) is 22.9. The number of nitro groups is 1. The Balaban J connectivity index is 1.72. The maximum atomic E-state index is 12.8. The van der Waals surface area contributed by atoms with Crippen LogP contribution in [0.5, 0.6) is 0 Å². The molecule has 1 amide bonds. The first-order valence-corrected chi connectivity index (χ1v) is 11.3. The molecule has 2 atom stereocenters. The number of amides is 1. The third-order valence-corrected chi connectivity index (χ3v) is 7.33. The van der Waals surface area contributed by atoms with Gasteiger partial charge in [-0.15, -0.1) is 0 Å². The van der Waals surface area contributed by atoms with Crippen molar-refractivity contribution in [2.24, 2.45) is 5.92 Å². The number of hydrogen-bond donors (Lipinski definition) is 0. The Morgan fingerprint density at radius 1 is 1.22 bits per heavy atom. The molecule has 2 fully saturated rings. The van der Waals surface area contributed by atoms with Crippen LogP contribution in [-0.4, -0.2) is 42.5 Å². The predicted molar refractivity (Wildman–Crippen MR) is 102 cm³/mol. The fourth-order valence-electron chi connectivity index (χ4n) is 4.52. The van der Waals surface area contributed by atoms with Gasteiger partial charge in [0.25, 0.3) is 5.69 Å². The number of carbonyl (C=O) groups is 1. The van der Waals surface area contributed by atoms with E-state index in [1.807, 2.05) is 0 Å². The highest BCUT2D eigenvalue weighted by molar-refractivity contribution is 7.91. The molecule has 0 spiro atoms. The number of nitro benzene ring substituents is 1. The molecule has 8 heteroatoms. The number of nitrogens with zero attached hydrogens (tertiary/aromatic N) is 2. The van der Waals surface area contributed by atoms with Gasteiger partial charge in [0.05, 0.1) is 10.7 Å². The summed E-state index contributed by atoms with van der Waals surface area (Å²) in [5, 5.41) is 11.1. The maximum Gasteiger partial charge on any atom is 0.272 e. The average molecular weight is 394 g/mol. The summed E-state index contributed by atoms with van der Waals surface area (Å²) in [5.41, 5.74) is 0.616. The lowest BCUT2D eigenvalue weighted by atomic mass is 9.78. The Hall–Kier alpha value is -1.96. The van der Waals surface area contributed by atoms with Gasteiger partial charge in [-0.2, -0.15) is 0 Å². The topological polar surface area (TPSA) is 97.6 Å². The summed E-state index contributed by atoms with van der Waals surface area (Å²) in [6.45, 7) is 2.17. The van der Waals surface area contributed by atoms with Gasteiger partial charge in [0.1, 0.15) is 5.75 Å². The van der Waals surface area contributed by atoms with Crippen molar-refractivity contribution < 1.29 is 18.1 Å². The second kappa shape index (κ2) is 7.96. The highest BCUT2D eigenvalue weighted by Gasteiger charge is 2.36. The van der Waals surface area contributed by atoms with Crippen LogP contribution in [0, 0.1) is 23.0 Å². The summed E-state index contributed by atoms with van der Waals surface area (Å²) < 4.78 is 25.3. The van der Waals surface area contributed by atoms with Crippen LogP contribution in [0.15, 0.2) is 18.2 Å². The first kappa shape index (κ1) is 19.8. The highest BCUT2D eigenvalue weighted by Crippen LogP contribution is 2.35. The molecule has 0 unspecified atom stereocenters. The molecule has 0 aromatic heterocycles. The Morgan fingerprint density at radius 2 is 1.93 bits per heavy atom. The van der Waals surface area contributed by atoms with Crippen LogP contribution in [0.25, 0.3) is 0 Å². The Morgan fingerprint density at radius 3 is 2.67 bits per heavy atom. The van der Waals surface area contributed by atoms with Gasteiger partial charge < -0.3 is 4.90 Å². The molecule has 1 saturated heterocycles. The zero-order valence-corrected chi connectivity index (χ0v) is 16.4. The summed E-state index contributed by atoms with van der Waals surface area (Å²) in [6, 6.07) is 4.58. The largest absolute Gasteiger partial charge is 0.339 e. The molecule has 0 bridgehead atoms. The van der Waals surface area contributed by atoms with E-state index in [0.717, 1.165) is 32.1 Å². The standard InChI is InChI=1S/C19H26N2O5S/c1-14-16(7-4-10-17(14)21(23)24)12-27(25,26)13-19(22)20-11-5-8-15-6-2-3-9-18(15)20/h4,7,10,15,18H,2-3,5-6,8-9,11-13H2,1H3/t15-,18+/m1/s1. The molecule has 1 aromatic rings. The van der Waals surface area contributed by atoms with Crippen molar-refractivity contribution in [3.8, 4) is 0 Å². The van der Waals surface area contributed by atoms with Crippen molar-refractivity contribution in [3.63, 3.8) is 0 Å². The lowest BCUT2D eigenvalue weighted by Crippen LogP contribution is -2.51. The molecule has 1 aliphatic heterocycles. The van der Waals surface area contributed by atoms with Crippen molar-refractivity contribution in [1.29, 1.82) is 0 Å². The fraction of sp³-hybridized carbons (Fsp3) is 0.632. The Kier molecular flexibility index (Phi) is 5.83. The molecule has 3 rings (SSSR count). The summed E-state index contributed by atoms with van der Waals surface area (Å²) >= 11 is 0. The smallest absolute Gasteiger partial charge is 0.272 e. The van der Waals surface area contributed by atoms with Crippen molar-refractivity contribution in [2.75, 3.05) is 12.3 Å². The molecule has 1 aliphatic carbocycles. The second-order valence-corrected chi connectivity index (χ2v) is 9.76. The number of fused-ring (bicyclic) bond motifs is 1. The van der Waals surface area contributed by atoms with E-state index in [-0.39, 0.29) is 23.4 Å². The van der Waals surface area contributed by atoms with Gasteiger partial charge >= 0.3 is 0 Å². The van der Waals surface area contributed by atoms with E-state index in [1.54, 1.807) is 17.9 Å². The second-order valence-electron chi connectivity index (χ2n) is 7.69. The van der Waals surface area contributed by atoms with Crippen LogP contribution in [-0.2, 0) is 20.4 Å². The lowest BCUT2D eigenvalue weighted by Gasteiger charge is -2.44. The summed E-state index contributed by atoms with van der Waals surface area (Å²) in [4.78, 5) is 25.1. The van der Waals surface area contributed by atoms with Gasteiger partial charge in [0.15, 0.2) is 9.84 Å². The first-order valence-electron chi connectivity index (χ1n) is 9.51. The number of carbonyl (C=O) groups excluding carboxylic acids is 1. The molecule has 2 aliphatic rings. The number of benzene rings is 1. The molecular weight excluding hydrogens is 368 g/mol. The van der Waals surface area contributed by atoms with E-state index >= 15 is 0 Å². The minimum Gasteiger partial charge on any atom is -0.339 e. The van der Waals surface area contributed by atoms with Crippen LogP contribution >= 0.6 is 0 Å². The number of rotatable bonds is 5. The van der Waals surface area contributed by atoms with Crippen molar-refractivity contribution >= 4 is 21.4 Å². The van der Waals surface area contributed by atoms with Gasteiger partial charge in [0, 0.05) is 24.2 Å². The fourth-order valence-corrected chi connectivity index (χ4v) is 5.95. The molecular formula is C19H26N2O5S. The SMILES string of the molecule is Cc1c(CS(=O)(=O)CC(=O)N2CCC[C@H]3CCCC[C@@H]32)cccc1[N+](=O)[O-]. The number of hydrogen-bond acceptors (Lipinski definition) is 5. The molecule has 148 valence electrons.